The normalized spacial score (nSPS) is 31.4. The van der Waals surface area contributed by atoms with Crippen LogP contribution in [0, 0.1) is 0 Å². The van der Waals surface area contributed by atoms with Crippen molar-refractivity contribution in [3.63, 3.8) is 0 Å². The fourth-order valence-electron chi connectivity index (χ4n) is 6.17. The molecule has 0 unspecified atom stereocenters. The number of carboxylic acid groups (broad SMARTS) is 1. The largest absolute Gasteiger partial charge is 0.504 e. The summed E-state index contributed by atoms with van der Waals surface area (Å²) < 4.78 is 16.0. The average Bonchev–Trinajstić information content (AvgIpc) is 3.19. The number of hydrogen-bond acceptors (Lipinski definition) is 11. The van der Waals surface area contributed by atoms with Crippen molar-refractivity contribution in [2.24, 2.45) is 0 Å². The number of aromatic hydroxyl groups is 1. The predicted octanol–water partition coefficient (Wildman–Crippen LogP) is -0.413. The Balaban J connectivity index is 0.00000320. The number of ether oxygens (including phenoxy) is 3. The van der Waals surface area contributed by atoms with Gasteiger partial charge >= 0.3 is 17.9 Å². The molecule has 1 aromatic carbocycles. The second-order valence-electron chi connectivity index (χ2n) is 9.83. The van der Waals surface area contributed by atoms with E-state index in [1.165, 1.54) is 12.1 Å². The summed E-state index contributed by atoms with van der Waals surface area (Å²) in [6.07, 6.45) is -4.84. The highest BCUT2D eigenvalue weighted by atomic mass is 16.6. The number of nitrogens with zero attached hydrogens (tertiary/aromatic N) is 1. The van der Waals surface area contributed by atoms with Crippen molar-refractivity contribution in [3.8, 4) is 11.5 Å². The molecule has 5 N–H and O–H groups in total. The van der Waals surface area contributed by atoms with E-state index in [-0.39, 0.29) is 37.1 Å². The van der Waals surface area contributed by atoms with E-state index in [1.807, 2.05) is 7.05 Å². The molecule has 2 bridgehead atoms. The zero-order valence-electron chi connectivity index (χ0n) is 19.6. The fourth-order valence-corrected chi connectivity index (χ4v) is 6.17. The minimum Gasteiger partial charge on any atom is -0.504 e. The third-order valence-corrected chi connectivity index (χ3v) is 7.99. The molecule has 0 amide bonds. The fraction of sp³-hybridized carbons (Fsp3) is 0.560. The smallest absolute Gasteiger partial charge is 0.344 e. The molecule has 1 spiro atoms. The summed E-state index contributed by atoms with van der Waals surface area (Å²) in [6, 6.07) is 3.05. The topological polar surface area (TPSA) is 183 Å². The Morgan fingerprint density at radius 3 is 2.54 bits per heavy atom. The van der Waals surface area contributed by atoms with Gasteiger partial charge < -0.3 is 44.6 Å². The first-order chi connectivity index (χ1) is 16.9. The molecule has 5 rings (SSSR count). The lowest BCUT2D eigenvalue weighted by Gasteiger charge is -2.61. The number of hydrogen-bond donors (Lipinski definition) is 5. The molecule has 1 saturated heterocycles. The Bertz CT molecular complexity index is 1180. The van der Waals surface area contributed by atoms with E-state index in [4.69, 9.17) is 14.6 Å². The van der Waals surface area contributed by atoms with Gasteiger partial charge in [-0.3, -0.25) is 0 Å². The summed E-state index contributed by atoms with van der Waals surface area (Å²) in [6.45, 7) is 1.65. The number of aliphatic hydroxyl groups excluding tert-OH is 2. The van der Waals surface area contributed by atoms with Gasteiger partial charge in [0, 0.05) is 18.0 Å². The molecular formula is C25H31NO11. The molecular weight excluding hydrogens is 490 g/mol. The van der Waals surface area contributed by atoms with Gasteiger partial charge in [-0.25, -0.2) is 14.4 Å². The zero-order chi connectivity index (χ0) is 26.2. The lowest BCUT2D eigenvalue weighted by molar-refractivity contribution is -0.182. The Morgan fingerprint density at radius 1 is 1.19 bits per heavy atom. The monoisotopic (exact) mass is 521 g/mol. The summed E-state index contributed by atoms with van der Waals surface area (Å²) in [4.78, 5) is 37.6. The van der Waals surface area contributed by atoms with Crippen LogP contribution in [0.2, 0.25) is 0 Å². The van der Waals surface area contributed by atoms with Gasteiger partial charge in [-0.1, -0.05) is 13.5 Å². The maximum Gasteiger partial charge on any atom is 0.344 e. The quantitative estimate of drug-likeness (QED) is 0.305. The zero-order valence-corrected chi connectivity index (χ0v) is 19.6. The maximum atomic E-state index is 12.7. The molecule has 1 fully saturated rings. The van der Waals surface area contributed by atoms with Crippen molar-refractivity contribution < 1.29 is 54.1 Å². The van der Waals surface area contributed by atoms with Crippen LogP contribution in [-0.4, -0.2) is 98.0 Å². The van der Waals surface area contributed by atoms with Gasteiger partial charge in [0.1, 0.15) is 5.76 Å². The lowest BCUT2D eigenvalue weighted by Crippen LogP contribution is -2.74. The van der Waals surface area contributed by atoms with Crippen LogP contribution in [0.3, 0.4) is 0 Å². The van der Waals surface area contributed by atoms with Gasteiger partial charge in [-0.15, -0.1) is 0 Å². The summed E-state index contributed by atoms with van der Waals surface area (Å²) in [5, 5.41) is 51.7. The lowest BCUT2D eigenvalue weighted by atomic mass is 9.50. The van der Waals surface area contributed by atoms with Gasteiger partial charge in [0.15, 0.2) is 35.9 Å². The van der Waals surface area contributed by atoms with Crippen molar-refractivity contribution in [2.75, 3.05) is 13.6 Å². The number of aliphatic carboxylic acids is 1. The number of likely N-dealkylation sites (N-methyl/N-ethyl adjacent to an activating group) is 1. The maximum absolute atomic E-state index is 12.7. The van der Waals surface area contributed by atoms with Crippen LogP contribution in [0.4, 0.5) is 0 Å². The van der Waals surface area contributed by atoms with Gasteiger partial charge in [0.25, 0.3) is 0 Å². The minimum absolute atomic E-state index is 0. The Morgan fingerprint density at radius 2 is 1.86 bits per heavy atom. The third kappa shape index (κ3) is 3.62. The third-order valence-electron chi connectivity index (χ3n) is 7.99. The van der Waals surface area contributed by atoms with Crippen molar-refractivity contribution in [3.05, 3.63) is 35.1 Å². The molecule has 2 aliphatic heterocycles. The van der Waals surface area contributed by atoms with E-state index in [0.29, 0.717) is 24.9 Å². The van der Waals surface area contributed by atoms with E-state index < -0.39 is 53.3 Å². The first-order valence-electron chi connectivity index (χ1n) is 11.6. The predicted molar refractivity (Wildman–Crippen MR) is 125 cm³/mol. The van der Waals surface area contributed by atoms with Crippen LogP contribution in [-0.2, 0) is 35.7 Å². The molecule has 2 heterocycles. The molecule has 2 aliphatic carbocycles. The Labute approximate surface area is 212 Å². The van der Waals surface area contributed by atoms with Crippen molar-refractivity contribution in [1.82, 2.24) is 4.90 Å². The number of piperidine rings is 1. The molecule has 1 aromatic rings. The number of phenols is 1. The standard InChI is InChI=1S/C24H27NO11.CH4/c1-10(20(29)30)34-21(31)16(27)17(28)22(32)35-13-5-6-24(33)14-9-11-3-4-12(26)18-15(11)23(24,19(13)36-18)7-8-25(14)2;/h3-5,10,14,16-17,19,26-28,33H,6-9H2,1-2H3,(H,29,30);1H4/t10-,14+,16+,17+,19-,23-,24+;/m0./s1. The first kappa shape index (κ1) is 26.9. The highest BCUT2D eigenvalue weighted by Gasteiger charge is 2.72. The number of esters is 2. The number of carboxylic acids is 1. The number of benzene rings is 1. The summed E-state index contributed by atoms with van der Waals surface area (Å²) in [7, 11) is 1.92. The molecule has 0 aromatic heterocycles. The van der Waals surface area contributed by atoms with E-state index in [0.717, 1.165) is 12.5 Å². The second-order valence-corrected chi connectivity index (χ2v) is 9.83. The van der Waals surface area contributed by atoms with Crippen LogP contribution in [0.25, 0.3) is 0 Å². The molecule has 37 heavy (non-hydrogen) atoms. The van der Waals surface area contributed by atoms with Gasteiger partial charge in [-0.05, 0) is 51.1 Å². The van der Waals surface area contributed by atoms with Crippen molar-refractivity contribution in [2.45, 2.75) is 75.1 Å². The first-order valence-corrected chi connectivity index (χ1v) is 11.6. The number of carbonyl (C=O) groups excluding carboxylic acids is 2. The van der Waals surface area contributed by atoms with E-state index in [1.54, 1.807) is 6.07 Å². The van der Waals surface area contributed by atoms with Gasteiger partial charge in [0.2, 0.25) is 0 Å². The highest BCUT2D eigenvalue weighted by molar-refractivity contribution is 5.87. The van der Waals surface area contributed by atoms with Crippen LogP contribution < -0.4 is 4.74 Å². The Hall–Kier alpha value is -3.19. The molecule has 4 aliphatic rings. The van der Waals surface area contributed by atoms with Crippen molar-refractivity contribution >= 4 is 17.9 Å². The van der Waals surface area contributed by atoms with Crippen LogP contribution in [0.15, 0.2) is 24.0 Å². The number of phenolic OH excluding ortho intramolecular Hbond substituents is 1. The van der Waals surface area contributed by atoms with Crippen LogP contribution >= 0.6 is 0 Å². The Kier molecular flexibility index (Phi) is 6.52. The van der Waals surface area contributed by atoms with Gasteiger partial charge in [0.05, 0.1) is 11.0 Å². The average molecular weight is 522 g/mol. The SMILES string of the molecule is C.C[C@H](OC(=O)[C@H](O)[C@@H](O)C(=O)OC1=CC[C@@]2(O)[C@H]3Cc4ccc(O)c5c4[C@@]2(CCN3C)[C@H]1O5)C(=O)O. The van der Waals surface area contributed by atoms with Crippen molar-refractivity contribution in [1.29, 1.82) is 0 Å². The van der Waals surface area contributed by atoms with E-state index >= 15 is 0 Å². The van der Waals surface area contributed by atoms with E-state index in [2.05, 4.69) is 9.64 Å². The summed E-state index contributed by atoms with van der Waals surface area (Å²) >= 11 is 0. The number of carbonyl (C=O) groups is 3. The minimum atomic E-state index is -2.39. The molecule has 0 radical (unpaired) electrons. The van der Waals surface area contributed by atoms with Gasteiger partial charge in [-0.2, -0.15) is 0 Å². The highest BCUT2D eigenvalue weighted by Crippen LogP contribution is 2.65. The van der Waals surface area contributed by atoms with Crippen LogP contribution in [0.5, 0.6) is 11.5 Å². The van der Waals surface area contributed by atoms with Crippen LogP contribution in [0.1, 0.15) is 38.3 Å². The second kappa shape index (κ2) is 8.98. The molecule has 12 nitrogen and oxygen atoms in total. The molecule has 202 valence electrons. The summed E-state index contributed by atoms with van der Waals surface area (Å²) in [5.74, 6) is -4.32. The molecule has 0 saturated carbocycles. The van der Waals surface area contributed by atoms with E-state index in [9.17, 15) is 34.8 Å². The number of aliphatic hydroxyl groups is 3. The summed E-state index contributed by atoms with van der Waals surface area (Å²) in [5.41, 5.74) is -0.741. The molecule has 12 heteroatoms. The number of likely N-dealkylation sites (tertiary alicyclic amines) is 1. The number of rotatable bonds is 6. The molecule has 7 atom stereocenters.